The summed E-state index contributed by atoms with van der Waals surface area (Å²) in [7, 11) is 0. The van der Waals surface area contributed by atoms with Crippen LogP contribution in [0.3, 0.4) is 0 Å². The second-order valence-corrected chi connectivity index (χ2v) is 1.65. The summed E-state index contributed by atoms with van der Waals surface area (Å²) in [6.45, 7) is 3.72. The van der Waals surface area contributed by atoms with Gasteiger partial charge in [-0.2, -0.15) is 0 Å². The molecular weight excluding hydrogens is 88.1 g/mol. The van der Waals surface area contributed by atoms with Gasteiger partial charge in [0, 0.05) is 0 Å². The van der Waals surface area contributed by atoms with Crippen molar-refractivity contribution in [1.82, 2.24) is 0 Å². The lowest BCUT2D eigenvalue weighted by Gasteiger charge is -1.93. The highest BCUT2D eigenvalue weighted by atomic mass is 16.3. The number of aliphatic hydroxyl groups excluding tert-OH is 1. The van der Waals surface area contributed by atoms with E-state index in [1.54, 1.807) is 6.92 Å². The first-order valence-corrected chi connectivity index (χ1v) is 2.56. The van der Waals surface area contributed by atoms with Crippen LogP contribution in [0.2, 0.25) is 0 Å². The molecule has 7 heavy (non-hydrogen) atoms. The van der Waals surface area contributed by atoms with Crippen LogP contribution in [-0.2, 0) is 0 Å². The molecule has 0 aliphatic rings. The summed E-state index contributed by atoms with van der Waals surface area (Å²) < 4.78 is 0. The highest BCUT2D eigenvalue weighted by molar-refractivity contribution is 4.78. The quantitative estimate of drug-likeness (QED) is 0.519. The summed E-state index contributed by atoms with van der Waals surface area (Å²) in [5.41, 5.74) is 0. The molecule has 1 heteroatoms. The molecule has 0 aliphatic carbocycles. The van der Waals surface area contributed by atoms with E-state index in [-0.39, 0.29) is 6.10 Å². The van der Waals surface area contributed by atoms with Crippen LogP contribution in [-0.4, -0.2) is 11.2 Å². The average molecular weight is 100 g/mol. The Labute approximate surface area is 44.7 Å². The van der Waals surface area contributed by atoms with Crippen molar-refractivity contribution >= 4 is 0 Å². The summed E-state index contributed by atoms with van der Waals surface area (Å²) in [6, 6.07) is 0. The van der Waals surface area contributed by atoms with Gasteiger partial charge in [0.1, 0.15) is 0 Å². The van der Waals surface area contributed by atoms with Crippen molar-refractivity contribution in [2.45, 2.75) is 26.4 Å². The van der Waals surface area contributed by atoms with E-state index in [0.29, 0.717) is 0 Å². The van der Waals surface area contributed by atoms with Gasteiger partial charge in [0.2, 0.25) is 0 Å². The van der Waals surface area contributed by atoms with E-state index in [1.165, 1.54) is 0 Å². The van der Waals surface area contributed by atoms with Crippen LogP contribution in [0.25, 0.3) is 0 Å². The minimum Gasteiger partial charge on any atom is -0.393 e. The highest BCUT2D eigenvalue weighted by Crippen LogP contribution is 1.88. The number of hydrogen-bond acceptors (Lipinski definition) is 1. The second-order valence-electron chi connectivity index (χ2n) is 1.65. The molecular formula is C6H12O. The van der Waals surface area contributed by atoms with Crippen molar-refractivity contribution in [3.05, 3.63) is 12.2 Å². The molecule has 0 spiro atoms. The maximum Gasteiger partial charge on any atom is 0.0546 e. The molecule has 0 aromatic rings. The number of aliphatic hydroxyl groups is 1. The van der Waals surface area contributed by atoms with Gasteiger partial charge in [0.15, 0.2) is 0 Å². The van der Waals surface area contributed by atoms with E-state index < -0.39 is 0 Å². The molecule has 0 aliphatic heterocycles. The maximum atomic E-state index is 8.63. The Balaban J connectivity index is 2.97. The van der Waals surface area contributed by atoms with Crippen molar-refractivity contribution in [2.24, 2.45) is 0 Å². The van der Waals surface area contributed by atoms with Crippen LogP contribution < -0.4 is 0 Å². The first-order valence-electron chi connectivity index (χ1n) is 2.56. The lowest BCUT2D eigenvalue weighted by molar-refractivity contribution is 0.198. The fourth-order valence-corrected chi connectivity index (χ4v) is 0.333. The molecule has 0 unspecified atom stereocenters. The Morgan fingerprint density at radius 3 is 2.43 bits per heavy atom. The molecule has 1 atom stereocenters. The predicted molar refractivity (Wildman–Crippen MR) is 31.1 cm³/mol. The maximum absolute atomic E-state index is 8.63. The SMILES string of the molecule is C/C=C/C[C@H](C)O. The van der Waals surface area contributed by atoms with Crippen molar-refractivity contribution in [1.29, 1.82) is 0 Å². The number of hydrogen-bond donors (Lipinski definition) is 1. The summed E-state index contributed by atoms with van der Waals surface area (Å²) in [6.07, 6.45) is 4.48. The zero-order valence-corrected chi connectivity index (χ0v) is 4.89. The first-order chi connectivity index (χ1) is 3.27. The van der Waals surface area contributed by atoms with Gasteiger partial charge in [-0.3, -0.25) is 0 Å². The van der Waals surface area contributed by atoms with E-state index in [4.69, 9.17) is 5.11 Å². The highest BCUT2D eigenvalue weighted by Gasteiger charge is 1.85. The van der Waals surface area contributed by atoms with E-state index >= 15 is 0 Å². The molecule has 0 bridgehead atoms. The topological polar surface area (TPSA) is 20.2 Å². The van der Waals surface area contributed by atoms with Crippen LogP contribution in [0.15, 0.2) is 12.2 Å². The van der Waals surface area contributed by atoms with Gasteiger partial charge >= 0.3 is 0 Å². The lowest BCUT2D eigenvalue weighted by Crippen LogP contribution is -1.94. The van der Waals surface area contributed by atoms with Crippen molar-refractivity contribution < 1.29 is 5.11 Å². The summed E-state index contributed by atoms with van der Waals surface area (Å²) in [4.78, 5) is 0. The third-order valence-corrected chi connectivity index (χ3v) is 0.713. The van der Waals surface area contributed by atoms with Gasteiger partial charge in [0.25, 0.3) is 0 Å². The minimum absolute atomic E-state index is 0.184. The summed E-state index contributed by atoms with van der Waals surface area (Å²) in [5, 5.41) is 8.63. The molecule has 0 aromatic carbocycles. The van der Waals surface area contributed by atoms with E-state index in [2.05, 4.69) is 0 Å². The Bertz CT molecular complexity index is 55.2. The van der Waals surface area contributed by atoms with Crippen LogP contribution in [0.4, 0.5) is 0 Å². The minimum atomic E-state index is -0.184. The molecule has 0 rings (SSSR count). The number of allylic oxidation sites excluding steroid dienone is 1. The molecule has 1 nitrogen and oxygen atoms in total. The van der Waals surface area contributed by atoms with Crippen molar-refractivity contribution in [2.75, 3.05) is 0 Å². The smallest absolute Gasteiger partial charge is 0.0546 e. The van der Waals surface area contributed by atoms with Crippen LogP contribution in [0.5, 0.6) is 0 Å². The summed E-state index contributed by atoms with van der Waals surface area (Å²) >= 11 is 0. The molecule has 0 heterocycles. The van der Waals surface area contributed by atoms with Crippen molar-refractivity contribution in [3.8, 4) is 0 Å². The van der Waals surface area contributed by atoms with Gasteiger partial charge in [-0.1, -0.05) is 12.2 Å². The second kappa shape index (κ2) is 3.88. The zero-order chi connectivity index (χ0) is 5.70. The normalized spacial score (nSPS) is 15.3. The molecule has 42 valence electrons. The van der Waals surface area contributed by atoms with Gasteiger partial charge in [-0.15, -0.1) is 0 Å². The first kappa shape index (κ1) is 6.70. The Hall–Kier alpha value is -0.300. The predicted octanol–water partition coefficient (Wildman–Crippen LogP) is 1.33. The third kappa shape index (κ3) is 5.70. The lowest BCUT2D eigenvalue weighted by atomic mass is 10.3. The molecule has 0 saturated carbocycles. The molecule has 1 N–H and O–H groups in total. The standard InChI is InChI=1S/C6H12O/c1-3-4-5-6(2)7/h3-4,6-7H,5H2,1-2H3/b4-3+/t6-/m0/s1. The molecule has 0 aromatic heterocycles. The number of rotatable bonds is 2. The fourth-order valence-electron chi connectivity index (χ4n) is 0.333. The van der Waals surface area contributed by atoms with E-state index in [1.807, 2.05) is 19.1 Å². The fraction of sp³-hybridized carbons (Fsp3) is 0.667. The van der Waals surface area contributed by atoms with Gasteiger partial charge in [0.05, 0.1) is 6.10 Å². The van der Waals surface area contributed by atoms with Crippen molar-refractivity contribution in [3.63, 3.8) is 0 Å². The molecule has 0 amide bonds. The molecule has 0 fully saturated rings. The monoisotopic (exact) mass is 100 g/mol. The van der Waals surface area contributed by atoms with Crippen LogP contribution in [0, 0.1) is 0 Å². The van der Waals surface area contributed by atoms with Crippen LogP contribution in [0.1, 0.15) is 20.3 Å². The Morgan fingerprint density at radius 2 is 2.29 bits per heavy atom. The van der Waals surface area contributed by atoms with Gasteiger partial charge in [-0.25, -0.2) is 0 Å². The van der Waals surface area contributed by atoms with Gasteiger partial charge in [-0.05, 0) is 20.3 Å². The largest absolute Gasteiger partial charge is 0.393 e. The summed E-state index contributed by atoms with van der Waals surface area (Å²) in [5.74, 6) is 0. The van der Waals surface area contributed by atoms with Crippen LogP contribution >= 0.6 is 0 Å². The third-order valence-electron chi connectivity index (χ3n) is 0.713. The van der Waals surface area contributed by atoms with E-state index in [9.17, 15) is 0 Å². The molecule has 0 saturated heterocycles. The zero-order valence-electron chi connectivity index (χ0n) is 4.89. The Morgan fingerprint density at radius 1 is 1.71 bits per heavy atom. The van der Waals surface area contributed by atoms with Gasteiger partial charge < -0.3 is 5.11 Å². The van der Waals surface area contributed by atoms with E-state index in [0.717, 1.165) is 6.42 Å². The molecule has 0 radical (unpaired) electrons. The average Bonchev–Trinajstić information content (AvgIpc) is 1.61. The Kier molecular flexibility index (Phi) is 3.71.